The minimum absolute atomic E-state index is 0.00959. The molecular formula is C15H24N6O. The minimum atomic E-state index is -0.00959. The Balaban J connectivity index is 1.67. The number of hydrogen-bond acceptors (Lipinski definition) is 6. The van der Waals surface area contributed by atoms with E-state index in [1.165, 1.54) is 12.8 Å². The van der Waals surface area contributed by atoms with Crippen LogP contribution in [0.4, 0.5) is 0 Å². The van der Waals surface area contributed by atoms with Crippen LogP contribution in [-0.2, 0) is 19.4 Å². The highest BCUT2D eigenvalue weighted by atomic mass is 16.5. The van der Waals surface area contributed by atoms with Crippen molar-refractivity contribution in [3.05, 3.63) is 23.4 Å². The van der Waals surface area contributed by atoms with Crippen molar-refractivity contribution in [2.75, 3.05) is 0 Å². The summed E-state index contributed by atoms with van der Waals surface area (Å²) in [5.74, 6) is 3.51. The van der Waals surface area contributed by atoms with Gasteiger partial charge in [0.1, 0.15) is 11.6 Å². The zero-order valence-corrected chi connectivity index (χ0v) is 13.5. The fourth-order valence-corrected chi connectivity index (χ4v) is 2.94. The predicted octanol–water partition coefficient (Wildman–Crippen LogP) is 2.36. The van der Waals surface area contributed by atoms with Gasteiger partial charge in [-0.3, -0.25) is 5.32 Å². The van der Waals surface area contributed by atoms with E-state index in [4.69, 9.17) is 4.52 Å². The molecule has 2 atom stereocenters. The molecule has 0 spiro atoms. The monoisotopic (exact) mass is 304 g/mol. The van der Waals surface area contributed by atoms with Crippen LogP contribution in [0.1, 0.15) is 75.5 Å². The van der Waals surface area contributed by atoms with Crippen molar-refractivity contribution in [3.63, 3.8) is 0 Å². The maximum Gasteiger partial charge on any atom is 0.243 e. The van der Waals surface area contributed by atoms with E-state index in [2.05, 4.69) is 44.1 Å². The molecule has 0 bridgehead atoms. The first kappa shape index (κ1) is 15.1. The van der Waals surface area contributed by atoms with Crippen molar-refractivity contribution >= 4 is 0 Å². The third-order valence-corrected chi connectivity index (χ3v) is 4.10. The number of nitrogens with one attached hydrogen (secondary N) is 1. The van der Waals surface area contributed by atoms with Gasteiger partial charge < -0.3 is 9.09 Å². The van der Waals surface area contributed by atoms with Gasteiger partial charge in [0.05, 0.1) is 12.1 Å². The number of nitrogens with zero attached hydrogens (tertiary/aromatic N) is 5. The molecule has 0 saturated carbocycles. The number of aryl methyl sites for hydroxylation is 2. The number of rotatable bonds is 6. The highest BCUT2D eigenvalue weighted by molar-refractivity contribution is 5.04. The topological polar surface area (TPSA) is 81.7 Å². The molecule has 1 aliphatic heterocycles. The summed E-state index contributed by atoms with van der Waals surface area (Å²) in [6.07, 6.45) is 5.30. The highest BCUT2D eigenvalue weighted by Crippen LogP contribution is 2.21. The van der Waals surface area contributed by atoms with Gasteiger partial charge in [0, 0.05) is 19.4 Å². The third-order valence-electron chi connectivity index (χ3n) is 4.10. The zero-order valence-electron chi connectivity index (χ0n) is 13.5. The average Bonchev–Trinajstić information content (AvgIpc) is 3.14. The summed E-state index contributed by atoms with van der Waals surface area (Å²) in [6.45, 7) is 7.26. The molecule has 0 fully saturated rings. The molecule has 2 aromatic rings. The van der Waals surface area contributed by atoms with E-state index < -0.39 is 0 Å². The number of fused-ring (bicyclic) bond motifs is 1. The molecule has 0 saturated heterocycles. The Hall–Kier alpha value is -1.76. The lowest BCUT2D eigenvalue weighted by atomic mass is 10.1. The lowest BCUT2D eigenvalue weighted by Gasteiger charge is -2.20. The van der Waals surface area contributed by atoms with E-state index in [1.54, 1.807) is 0 Å². The Morgan fingerprint density at radius 3 is 2.91 bits per heavy atom. The first-order valence-electron chi connectivity index (χ1n) is 8.19. The van der Waals surface area contributed by atoms with E-state index in [0.29, 0.717) is 5.89 Å². The molecule has 0 radical (unpaired) electrons. The zero-order chi connectivity index (χ0) is 15.5. The molecule has 7 heteroatoms. The van der Waals surface area contributed by atoms with Crippen LogP contribution in [0.5, 0.6) is 0 Å². The van der Waals surface area contributed by atoms with Crippen molar-refractivity contribution < 1.29 is 4.52 Å². The lowest BCUT2D eigenvalue weighted by Crippen LogP contribution is -2.26. The summed E-state index contributed by atoms with van der Waals surface area (Å²) >= 11 is 0. The molecule has 1 N–H and O–H groups in total. The Bertz CT molecular complexity index is 619. The Kier molecular flexibility index (Phi) is 4.52. The maximum absolute atomic E-state index is 5.34. The van der Waals surface area contributed by atoms with Crippen molar-refractivity contribution in [1.29, 1.82) is 0 Å². The van der Waals surface area contributed by atoms with Crippen LogP contribution in [0.25, 0.3) is 0 Å². The first-order chi connectivity index (χ1) is 10.7. The summed E-state index contributed by atoms with van der Waals surface area (Å²) in [4.78, 5) is 4.44. The van der Waals surface area contributed by atoms with Gasteiger partial charge in [0.15, 0.2) is 5.82 Å². The van der Waals surface area contributed by atoms with Gasteiger partial charge in [-0.15, -0.1) is 10.2 Å². The molecular weight excluding hydrogens is 280 g/mol. The summed E-state index contributed by atoms with van der Waals surface area (Å²) in [5.41, 5.74) is 0. The van der Waals surface area contributed by atoms with Crippen molar-refractivity contribution in [2.24, 2.45) is 0 Å². The van der Waals surface area contributed by atoms with Crippen molar-refractivity contribution in [1.82, 2.24) is 30.2 Å². The fourth-order valence-electron chi connectivity index (χ4n) is 2.94. The van der Waals surface area contributed by atoms with Crippen LogP contribution in [-0.4, -0.2) is 24.9 Å². The molecule has 0 aromatic carbocycles. The Morgan fingerprint density at radius 1 is 1.23 bits per heavy atom. The second-order valence-electron chi connectivity index (χ2n) is 5.99. The maximum atomic E-state index is 5.34. The van der Waals surface area contributed by atoms with Gasteiger partial charge in [-0.05, 0) is 33.1 Å². The third kappa shape index (κ3) is 3.04. The summed E-state index contributed by atoms with van der Waals surface area (Å²) in [7, 11) is 0. The van der Waals surface area contributed by atoms with E-state index in [1.807, 2.05) is 6.92 Å². The number of hydrogen-bond donors (Lipinski definition) is 1. The molecule has 0 amide bonds. The molecule has 0 unspecified atom stereocenters. The van der Waals surface area contributed by atoms with E-state index >= 15 is 0 Å². The second kappa shape index (κ2) is 6.56. The van der Waals surface area contributed by atoms with E-state index in [0.717, 1.165) is 43.3 Å². The Morgan fingerprint density at radius 2 is 2.09 bits per heavy atom. The highest BCUT2D eigenvalue weighted by Gasteiger charge is 2.23. The molecule has 2 aromatic heterocycles. The van der Waals surface area contributed by atoms with Crippen LogP contribution < -0.4 is 5.32 Å². The minimum Gasteiger partial charge on any atom is -0.338 e. The van der Waals surface area contributed by atoms with E-state index in [9.17, 15) is 0 Å². The molecule has 120 valence electrons. The fraction of sp³-hybridized carbons (Fsp3) is 0.733. The van der Waals surface area contributed by atoms with Crippen molar-refractivity contribution in [2.45, 2.75) is 71.5 Å². The van der Waals surface area contributed by atoms with Crippen LogP contribution in [0.2, 0.25) is 0 Å². The van der Waals surface area contributed by atoms with Crippen molar-refractivity contribution in [3.8, 4) is 0 Å². The number of aromatic nitrogens is 5. The Labute approximate surface area is 130 Å². The van der Waals surface area contributed by atoms with Gasteiger partial charge in [0.25, 0.3) is 0 Å². The SMILES string of the molecule is CCCc1noc([C@H](C)N[C@H](C)c2nnc3n2CCCC3)n1. The summed E-state index contributed by atoms with van der Waals surface area (Å²) in [5, 5.41) is 16.2. The normalized spacial score (nSPS) is 17.2. The summed E-state index contributed by atoms with van der Waals surface area (Å²) in [6, 6.07) is 0.0838. The lowest BCUT2D eigenvalue weighted by molar-refractivity contribution is 0.320. The molecule has 22 heavy (non-hydrogen) atoms. The standard InChI is InChI=1S/C15H24N6O/c1-4-7-12-17-15(22-20-12)11(3)16-10(2)14-19-18-13-8-5-6-9-21(13)14/h10-11,16H,4-9H2,1-3H3/t10-,11+/m1/s1. The van der Waals surface area contributed by atoms with Gasteiger partial charge in [-0.1, -0.05) is 12.1 Å². The predicted molar refractivity (Wildman–Crippen MR) is 81.2 cm³/mol. The van der Waals surface area contributed by atoms with Gasteiger partial charge in [0.2, 0.25) is 5.89 Å². The molecule has 1 aliphatic rings. The largest absolute Gasteiger partial charge is 0.338 e. The van der Waals surface area contributed by atoms with Gasteiger partial charge >= 0.3 is 0 Å². The first-order valence-corrected chi connectivity index (χ1v) is 8.19. The van der Waals surface area contributed by atoms with Gasteiger partial charge in [-0.2, -0.15) is 4.98 Å². The van der Waals surface area contributed by atoms with Crippen LogP contribution in [0.15, 0.2) is 4.52 Å². The smallest absolute Gasteiger partial charge is 0.243 e. The van der Waals surface area contributed by atoms with Crippen LogP contribution >= 0.6 is 0 Å². The van der Waals surface area contributed by atoms with Crippen LogP contribution in [0, 0.1) is 0 Å². The molecule has 3 heterocycles. The van der Waals surface area contributed by atoms with Crippen LogP contribution in [0.3, 0.4) is 0 Å². The second-order valence-corrected chi connectivity index (χ2v) is 5.99. The average molecular weight is 304 g/mol. The summed E-state index contributed by atoms with van der Waals surface area (Å²) < 4.78 is 7.58. The molecule has 7 nitrogen and oxygen atoms in total. The molecule has 3 rings (SSSR count). The molecule has 0 aliphatic carbocycles. The van der Waals surface area contributed by atoms with Gasteiger partial charge in [-0.25, -0.2) is 0 Å². The quantitative estimate of drug-likeness (QED) is 0.882. The van der Waals surface area contributed by atoms with E-state index in [-0.39, 0.29) is 12.1 Å².